The van der Waals surface area contributed by atoms with E-state index in [1.165, 1.54) is 0 Å². The Hall–Kier alpha value is -1.66. The molecule has 0 atom stereocenters. The average molecular weight is 295 g/mol. The fraction of sp³-hybridized carbons (Fsp3) is 0.600. The minimum atomic E-state index is -0.354. The molecule has 0 aliphatic carbocycles. The summed E-state index contributed by atoms with van der Waals surface area (Å²) in [6.07, 6.45) is 1.01. The average Bonchev–Trinajstić information content (AvgIpc) is 2.46. The van der Waals surface area contributed by atoms with E-state index in [-0.39, 0.29) is 10.6 Å². The Morgan fingerprint density at radius 3 is 2.76 bits per heavy atom. The number of nitro benzene ring substituents is 1. The standard InChI is InChI=1S/C15H25N3O3/c1-4-8-16-15-7-6-14(18(19)20)11-13(15)12-17(3)9-10-21-5-2/h6-7,11,16H,4-5,8-10,12H2,1-3H3. The highest BCUT2D eigenvalue weighted by molar-refractivity contribution is 5.56. The second-order valence-electron chi connectivity index (χ2n) is 4.96. The van der Waals surface area contributed by atoms with Gasteiger partial charge in [0.2, 0.25) is 0 Å². The van der Waals surface area contributed by atoms with Crippen LogP contribution in [0.1, 0.15) is 25.8 Å². The third kappa shape index (κ3) is 6.10. The molecule has 0 heterocycles. The quantitative estimate of drug-likeness (QED) is 0.408. The Kier molecular flexibility index (Phi) is 7.71. The van der Waals surface area contributed by atoms with Gasteiger partial charge in [-0.3, -0.25) is 15.0 Å². The molecule has 118 valence electrons. The lowest BCUT2D eigenvalue weighted by molar-refractivity contribution is -0.384. The predicted molar refractivity (Wildman–Crippen MR) is 84.7 cm³/mol. The maximum absolute atomic E-state index is 10.9. The van der Waals surface area contributed by atoms with Gasteiger partial charge in [-0.25, -0.2) is 0 Å². The lowest BCUT2D eigenvalue weighted by Crippen LogP contribution is -2.23. The third-order valence-corrected chi connectivity index (χ3v) is 3.13. The first-order chi connectivity index (χ1) is 10.1. The summed E-state index contributed by atoms with van der Waals surface area (Å²) in [6, 6.07) is 4.98. The molecule has 21 heavy (non-hydrogen) atoms. The first-order valence-corrected chi connectivity index (χ1v) is 7.36. The molecule has 0 unspecified atom stereocenters. The first kappa shape index (κ1) is 17.4. The van der Waals surface area contributed by atoms with Crippen molar-refractivity contribution in [2.75, 3.05) is 38.7 Å². The molecule has 0 saturated heterocycles. The molecule has 6 nitrogen and oxygen atoms in total. The van der Waals surface area contributed by atoms with E-state index in [1.54, 1.807) is 18.2 Å². The van der Waals surface area contributed by atoms with Crippen LogP contribution in [0.5, 0.6) is 0 Å². The number of likely N-dealkylation sites (N-methyl/N-ethyl adjacent to an activating group) is 1. The third-order valence-electron chi connectivity index (χ3n) is 3.13. The van der Waals surface area contributed by atoms with Crippen LogP contribution in [0.25, 0.3) is 0 Å². The molecule has 0 radical (unpaired) electrons. The molecule has 6 heteroatoms. The Morgan fingerprint density at radius 1 is 1.38 bits per heavy atom. The van der Waals surface area contributed by atoms with Crippen LogP contribution in [0.3, 0.4) is 0 Å². The Labute approximate surface area is 126 Å². The number of anilines is 1. The van der Waals surface area contributed by atoms with Crippen LogP contribution in [0, 0.1) is 10.1 Å². The summed E-state index contributed by atoms with van der Waals surface area (Å²) in [6.45, 7) is 7.73. The number of ether oxygens (including phenoxy) is 1. The van der Waals surface area contributed by atoms with E-state index in [0.29, 0.717) is 19.8 Å². The number of hydrogen-bond acceptors (Lipinski definition) is 5. The number of nitrogens with zero attached hydrogens (tertiary/aromatic N) is 2. The van der Waals surface area contributed by atoms with Crippen molar-refractivity contribution in [2.45, 2.75) is 26.8 Å². The smallest absolute Gasteiger partial charge is 0.269 e. The van der Waals surface area contributed by atoms with Gasteiger partial charge in [0, 0.05) is 44.1 Å². The molecule has 0 fully saturated rings. The number of benzene rings is 1. The molecule has 0 saturated carbocycles. The second kappa shape index (κ2) is 9.31. The van der Waals surface area contributed by atoms with Crippen molar-refractivity contribution in [1.29, 1.82) is 0 Å². The molecule has 0 spiro atoms. The number of nitrogens with one attached hydrogen (secondary N) is 1. The summed E-state index contributed by atoms with van der Waals surface area (Å²) in [5.41, 5.74) is 2.03. The molecule has 0 aromatic heterocycles. The van der Waals surface area contributed by atoms with Gasteiger partial charge >= 0.3 is 0 Å². The van der Waals surface area contributed by atoms with Gasteiger partial charge in [0.1, 0.15) is 0 Å². The molecule has 0 amide bonds. The lowest BCUT2D eigenvalue weighted by Gasteiger charge is -2.19. The molecular weight excluding hydrogens is 270 g/mol. The Balaban J connectivity index is 2.79. The monoisotopic (exact) mass is 295 g/mol. The maximum Gasteiger partial charge on any atom is 0.269 e. The summed E-state index contributed by atoms with van der Waals surface area (Å²) in [7, 11) is 1.99. The van der Waals surface area contributed by atoms with Gasteiger partial charge in [-0.05, 0) is 32.0 Å². The van der Waals surface area contributed by atoms with Gasteiger partial charge in [0.25, 0.3) is 5.69 Å². The zero-order chi connectivity index (χ0) is 15.7. The predicted octanol–water partition coefficient (Wildman–Crippen LogP) is 2.89. The molecule has 1 rings (SSSR count). The van der Waals surface area contributed by atoms with Crippen molar-refractivity contribution in [3.8, 4) is 0 Å². The van der Waals surface area contributed by atoms with Crippen molar-refractivity contribution >= 4 is 11.4 Å². The fourth-order valence-electron chi connectivity index (χ4n) is 1.99. The van der Waals surface area contributed by atoms with Crippen LogP contribution in [-0.2, 0) is 11.3 Å². The van der Waals surface area contributed by atoms with E-state index < -0.39 is 0 Å². The van der Waals surface area contributed by atoms with Crippen molar-refractivity contribution < 1.29 is 9.66 Å². The second-order valence-corrected chi connectivity index (χ2v) is 4.96. The Morgan fingerprint density at radius 2 is 2.14 bits per heavy atom. The molecule has 1 N–H and O–H groups in total. The summed E-state index contributed by atoms with van der Waals surface area (Å²) >= 11 is 0. The molecule has 1 aromatic rings. The Bertz CT molecular complexity index is 452. The fourth-order valence-corrected chi connectivity index (χ4v) is 1.99. The summed E-state index contributed by atoms with van der Waals surface area (Å²) < 4.78 is 5.33. The van der Waals surface area contributed by atoms with Gasteiger partial charge in [0.15, 0.2) is 0 Å². The number of nitro groups is 1. The molecule has 0 bridgehead atoms. The highest BCUT2D eigenvalue weighted by Crippen LogP contribution is 2.23. The number of rotatable bonds is 10. The zero-order valence-electron chi connectivity index (χ0n) is 13.1. The molecule has 1 aromatic carbocycles. The van der Waals surface area contributed by atoms with Crippen molar-refractivity contribution in [2.24, 2.45) is 0 Å². The van der Waals surface area contributed by atoms with Crippen LogP contribution < -0.4 is 5.32 Å². The molecular formula is C15H25N3O3. The van der Waals surface area contributed by atoms with Gasteiger partial charge in [-0.15, -0.1) is 0 Å². The summed E-state index contributed by atoms with van der Waals surface area (Å²) in [5.74, 6) is 0. The summed E-state index contributed by atoms with van der Waals surface area (Å²) in [5, 5.41) is 14.2. The van der Waals surface area contributed by atoms with Crippen LogP contribution in [0.4, 0.5) is 11.4 Å². The lowest BCUT2D eigenvalue weighted by atomic mass is 10.1. The van der Waals surface area contributed by atoms with E-state index in [4.69, 9.17) is 4.74 Å². The van der Waals surface area contributed by atoms with Gasteiger partial charge < -0.3 is 10.1 Å². The van der Waals surface area contributed by atoms with Gasteiger partial charge in [-0.2, -0.15) is 0 Å². The minimum Gasteiger partial charge on any atom is -0.385 e. The minimum absolute atomic E-state index is 0.130. The van der Waals surface area contributed by atoms with Crippen molar-refractivity contribution in [1.82, 2.24) is 4.90 Å². The van der Waals surface area contributed by atoms with Crippen molar-refractivity contribution in [3.05, 3.63) is 33.9 Å². The van der Waals surface area contributed by atoms with Crippen LogP contribution in [0.15, 0.2) is 18.2 Å². The van der Waals surface area contributed by atoms with E-state index in [0.717, 1.165) is 30.8 Å². The largest absolute Gasteiger partial charge is 0.385 e. The highest BCUT2D eigenvalue weighted by Gasteiger charge is 2.12. The van der Waals surface area contributed by atoms with E-state index in [2.05, 4.69) is 17.1 Å². The topological polar surface area (TPSA) is 67.6 Å². The number of hydrogen-bond donors (Lipinski definition) is 1. The van der Waals surface area contributed by atoms with Crippen LogP contribution in [-0.4, -0.2) is 43.2 Å². The van der Waals surface area contributed by atoms with Crippen LogP contribution in [0.2, 0.25) is 0 Å². The molecule has 0 aliphatic rings. The molecule has 0 aliphatic heterocycles. The zero-order valence-corrected chi connectivity index (χ0v) is 13.1. The maximum atomic E-state index is 10.9. The van der Waals surface area contributed by atoms with Gasteiger partial charge in [-0.1, -0.05) is 6.92 Å². The van der Waals surface area contributed by atoms with E-state index >= 15 is 0 Å². The van der Waals surface area contributed by atoms with Gasteiger partial charge in [0.05, 0.1) is 11.5 Å². The normalized spacial score (nSPS) is 10.9. The van der Waals surface area contributed by atoms with E-state index in [9.17, 15) is 10.1 Å². The van der Waals surface area contributed by atoms with E-state index in [1.807, 2.05) is 14.0 Å². The first-order valence-electron chi connectivity index (χ1n) is 7.36. The van der Waals surface area contributed by atoms with Crippen molar-refractivity contribution in [3.63, 3.8) is 0 Å². The highest BCUT2D eigenvalue weighted by atomic mass is 16.6. The number of non-ortho nitro benzene ring substituents is 1. The van der Waals surface area contributed by atoms with Crippen LogP contribution >= 0.6 is 0 Å². The SMILES string of the molecule is CCCNc1ccc([N+](=O)[O-])cc1CN(C)CCOCC. The summed E-state index contributed by atoms with van der Waals surface area (Å²) in [4.78, 5) is 12.7.